The molecule has 20 heavy (non-hydrogen) atoms. The average molecular weight is 271 g/mol. The Balaban J connectivity index is 2.48. The van der Waals surface area contributed by atoms with Crippen molar-refractivity contribution in [2.45, 2.75) is 0 Å². The van der Waals surface area contributed by atoms with Gasteiger partial charge >= 0.3 is 11.7 Å². The fraction of sp³-hybridized carbons (Fsp3) is 0. The molecule has 3 rings (SSSR count). The van der Waals surface area contributed by atoms with Gasteiger partial charge in [-0.1, -0.05) is 30.3 Å². The lowest BCUT2D eigenvalue weighted by atomic mass is 10.1. The molecular weight excluding hydrogens is 262 g/mol. The van der Waals surface area contributed by atoms with Crippen LogP contribution in [0.5, 0.6) is 0 Å². The molecule has 0 unspecified atom stereocenters. The van der Waals surface area contributed by atoms with Gasteiger partial charge in [-0.15, -0.1) is 0 Å². The molecule has 0 amide bonds. The molecule has 0 bridgehead atoms. The van der Waals surface area contributed by atoms with Crippen LogP contribution in [-0.2, 0) is 0 Å². The molecule has 4 N–H and O–H groups in total. The lowest BCUT2D eigenvalue weighted by Gasteiger charge is -1.98. The molecular formula is C13H9N3O4. The number of benzene rings is 1. The van der Waals surface area contributed by atoms with E-state index in [1.165, 1.54) is 0 Å². The number of carboxylic acid groups (broad SMARTS) is 1. The predicted molar refractivity (Wildman–Crippen MR) is 71.9 cm³/mol. The third-order valence-corrected chi connectivity index (χ3v) is 2.97. The lowest BCUT2D eigenvalue weighted by Crippen LogP contribution is -2.22. The minimum absolute atomic E-state index is 0.0732. The van der Waals surface area contributed by atoms with E-state index in [2.05, 4.69) is 9.97 Å². The van der Waals surface area contributed by atoms with Gasteiger partial charge in [0.15, 0.2) is 0 Å². The fourth-order valence-corrected chi connectivity index (χ4v) is 2.14. The van der Waals surface area contributed by atoms with Gasteiger partial charge in [0.25, 0.3) is 5.56 Å². The highest BCUT2D eigenvalue weighted by Crippen LogP contribution is 2.26. The van der Waals surface area contributed by atoms with E-state index in [-0.39, 0.29) is 16.6 Å². The molecule has 2 heterocycles. The smallest absolute Gasteiger partial charge is 0.353 e. The van der Waals surface area contributed by atoms with E-state index in [0.717, 1.165) is 0 Å². The number of carboxylic acids is 1. The molecule has 3 aromatic rings. The monoisotopic (exact) mass is 271 g/mol. The van der Waals surface area contributed by atoms with Crippen LogP contribution in [0, 0.1) is 0 Å². The van der Waals surface area contributed by atoms with Gasteiger partial charge in [0.1, 0.15) is 5.69 Å². The van der Waals surface area contributed by atoms with E-state index in [1.807, 2.05) is 11.1 Å². The predicted octanol–water partition coefficient (Wildman–Crippen LogP) is 0.910. The normalized spacial score (nSPS) is 10.8. The van der Waals surface area contributed by atoms with Crippen LogP contribution in [0.15, 0.2) is 39.9 Å². The molecule has 0 atom stereocenters. The molecule has 7 heteroatoms. The van der Waals surface area contributed by atoms with Gasteiger partial charge in [-0.25, -0.2) is 9.59 Å². The Hall–Kier alpha value is -3.09. The number of hydrogen-bond donors (Lipinski definition) is 4. The van der Waals surface area contributed by atoms with Crippen LogP contribution in [0.4, 0.5) is 0 Å². The largest absolute Gasteiger partial charge is 0.477 e. The summed E-state index contributed by atoms with van der Waals surface area (Å²) in [5.41, 5.74) is -0.429. The quantitative estimate of drug-likeness (QED) is 0.553. The second-order valence-electron chi connectivity index (χ2n) is 4.20. The van der Waals surface area contributed by atoms with E-state index < -0.39 is 17.2 Å². The number of aromatic carboxylic acids is 1. The van der Waals surface area contributed by atoms with Crippen LogP contribution in [0.2, 0.25) is 0 Å². The maximum atomic E-state index is 11.8. The third kappa shape index (κ3) is 1.72. The summed E-state index contributed by atoms with van der Waals surface area (Å²) in [6.45, 7) is 0. The van der Waals surface area contributed by atoms with Gasteiger partial charge in [-0.05, 0) is 0 Å². The molecule has 0 aliphatic carbocycles. The molecule has 0 radical (unpaired) electrons. The Morgan fingerprint density at radius 1 is 1.00 bits per heavy atom. The summed E-state index contributed by atoms with van der Waals surface area (Å²) in [7, 11) is 0. The van der Waals surface area contributed by atoms with Crippen molar-refractivity contribution in [3.05, 3.63) is 56.9 Å². The number of nitrogens with one attached hydrogen (secondary N) is 3. The number of aromatic nitrogens is 3. The molecule has 100 valence electrons. The van der Waals surface area contributed by atoms with Gasteiger partial charge in [0.05, 0.1) is 16.6 Å². The van der Waals surface area contributed by atoms with E-state index in [9.17, 15) is 14.4 Å². The summed E-state index contributed by atoms with van der Waals surface area (Å²) in [5.74, 6) is -1.27. The maximum Gasteiger partial charge on any atom is 0.353 e. The van der Waals surface area contributed by atoms with Crippen LogP contribution in [-0.4, -0.2) is 26.0 Å². The van der Waals surface area contributed by atoms with Gasteiger partial charge in [-0.2, -0.15) is 0 Å². The van der Waals surface area contributed by atoms with Crippen LogP contribution in [0.1, 0.15) is 10.5 Å². The molecule has 0 aliphatic heterocycles. The SMILES string of the molecule is O=C(O)c1[nH]c(-c2ccccc2)c2[nH]c(=O)[nH]c(=O)c12. The summed E-state index contributed by atoms with van der Waals surface area (Å²) in [4.78, 5) is 41.6. The van der Waals surface area contributed by atoms with Gasteiger partial charge < -0.3 is 15.1 Å². The van der Waals surface area contributed by atoms with E-state index >= 15 is 0 Å². The molecule has 0 fully saturated rings. The molecule has 7 nitrogen and oxygen atoms in total. The number of fused-ring (bicyclic) bond motifs is 1. The molecule has 0 saturated carbocycles. The first-order valence-electron chi connectivity index (χ1n) is 5.75. The Labute approximate surface area is 110 Å². The molecule has 0 aliphatic rings. The second kappa shape index (κ2) is 4.23. The van der Waals surface area contributed by atoms with Gasteiger partial charge in [0, 0.05) is 5.56 Å². The van der Waals surface area contributed by atoms with Crippen LogP contribution < -0.4 is 11.2 Å². The Morgan fingerprint density at radius 2 is 1.70 bits per heavy atom. The van der Waals surface area contributed by atoms with Gasteiger partial charge in [0.2, 0.25) is 0 Å². The Kier molecular flexibility index (Phi) is 2.53. The molecule has 2 aromatic heterocycles. The topological polar surface area (TPSA) is 119 Å². The highest BCUT2D eigenvalue weighted by atomic mass is 16.4. The average Bonchev–Trinajstić information content (AvgIpc) is 2.79. The van der Waals surface area contributed by atoms with E-state index in [0.29, 0.717) is 11.3 Å². The molecule has 0 spiro atoms. The Bertz CT molecular complexity index is 918. The minimum Gasteiger partial charge on any atom is -0.477 e. The number of rotatable bonds is 2. The highest BCUT2D eigenvalue weighted by Gasteiger charge is 2.20. The summed E-state index contributed by atoms with van der Waals surface area (Å²) < 4.78 is 0. The summed E-state index contributed by atoms with van der Waals surface area (Å²) in [5, 5.41) is 9.09. The van der Waals surface area contributed by atoms with E-state index in [4.69, 9.17) is 5.11 Å². The maximum absolute atomic E-state index is 11.8. The second-order valence-corrected chi connectivity index (χ2v) is 4.20. The van der Waals surface area contributed by atoms with Crippen LogP contribution in [0.3, 0.4) is 0 Å². The van der Waals surface area contributed by atoms with Crippen molar-refractivity contribution in [2.75, 3.05) is 0 Å². The van der Waals surface area contributed by atoms with Crippen molar-refractivity contribution in [3.63, 3.8) is 0 Å². The minimum atomic E-state index is -1.27. The number of hydrogen-bond acceptors (Lipinski definition) is 3. The zero-order valence-corrected chi connectivity index (χ0v) is 10.1. The highest BCUT2D eigenvalue weighted by molar-refractivity contribution is 6.06. The summed E-state index contributed by atoms with van der Waals surface area (Å²) in [6, 6.07) is 8.84. The third-order valence-electron chi connectivity index (χ3n) is 2.97. The van der Waals surface area contributed by atoms with Crippen molar-refractivity contribution in [1.29, 1.82) is 0 Å². The number of H-pyrrole nitrogens is 3. The first-order chi connectivity index (χ1) is 9.58. The standard InChI is InChI=1S/C13H9N3O4/c17-11-7-9(15-13(20)16-11)8(14-10(7)12(18)19)6-4-2-1-3-5-6/h1-5,14H,(H,18,19)(H2,15,16,17,20). The van der Waals surface area contributed by atoms with Crippen molar-refractivity contribution < 1.29 is 9.90 Å². The molecule has 1 aromatic carbocycles. The first kappa shape index (κ1) is 12.0. The van der Waals surface area contributed by atoms with Crippen molar-refractivity contribution in [2.24, 2.45) is 0 Å². The molecule has 0 saturated heterocycles. The summed E-state index contributed by atoms with van der Waals surface area (Å²) in [6.07, 6.45) is 0. The Morgan fingerprint density at radius 3 is 2.35 bits per heavy atom. The van der Waals surface area contributed by atoms with Crippen LogP contribution in [0.25, 0.3) is 22.2 Å². The fourth-order valence-electron chi connectivity index (χ4n) is 2.14. The lowest BCUT2D eigenvalue weighted by molar-refractivity contribution is 0.0693. The first-order valence-corrected chi connectivity index (χ1v) is 5.75. The van der Waals surface area contributed by atoms with Crippen LogP contribution >= 0.6 is 0 Å². The van der Waals surface area contributed by atoms with Crippen molar-refractivity contribution in [1.82, 2.24) is 15.0 Å². The number of aromatic amines is 3. The van der Waals surface area contributed by atoms with E-state index in [1.54, 1.807) is 24.3 Å². The van der Waals surface area contributed by atoms with Crippen molar-refractivity contribution >= 4 is 16.9 Å². The van der Waals surface area contributed by atoms with Gasteiger partial charge in [-0.3, -0.25) is 9.78 Å². The van der Waals surface area contributed by atoms with Crippen molar-refractivity contribution in [3.8, 4) is 11.3 Å². The summed E-state index contributed by atoms with van der Waals surface area (Å²) >= 11 is 0. The number of carbonyl (C=O) groups is 1. The zero-order chi connectivity index (χ0) is 14.3. The zero-order valence-electron chi connectivity index (χ0n) is 10.1.